The van der Waals surface area contributed by atoms with E-state index in [-0.39, 0.29) is 5.95 Å². The van der Waals surface area contributed by atoms with Gasteiger partial charge in [0.2, 0.25) is 11.9 Å². The van der Waals surface area contributed by atoms with Crippen molar-refractivity contribution in [3.05, 3.63) is 42.7 Å². The molecule has 0 radical (unpaired) electrons. The van der Waals surface area contributed by atoms with E-state index in [4.69, 9.17) is 10.5 Å². The maximum absolute atomic E-state index is 5.97. The number of aromatic nitrogens is 3. The van der Waals surface area contributed by atoms with E-state index < -0.39 is 0 Å². The van der Waals surface area contributed by atoms with Crippen LogP contribution in [0.25, 0.3) is 5.57 Å². The van der Waals surface area contributed by atoms with E-state index in [0.29, 0.717) is 24.9 Å². The Morgan fingerprint density at radius 1 is 0.737 bits per heavy atom. The fourth-order valence-electron chi connectivity index (χ4n) is 4.65. The molecular weight excluding hydrogens is 470 g/mol. The average Bonchev–Trinajstić information content (AvgIpc) is 2.92. The number of rotatable bonds is 23. The second-order valence-corrected chi connectivity index (χ2v) is 10.5. The SMILES string of the molecule is C=C(C)c1nc(N)nc(N(CCOCCCCCCCCCCCCCCCCCC)c2ccccc2)n1. The zero-order valence-electron chi connectivity index (χ0n) is 24.3. The van der Waals surface area contributed by atoms with Crippen LogP contribution in [0.5, 0.6) is 0 Å². The molecule has 0 saturated carbocycles. The highest BCUT2D eigenvalue weighted by Crippen LogP contribution is 2.23. The van der Waals surface area contributed by atoms with Crippen LogP contribution in [0.1, 0.15) is 122 Å². The quantitative estimate of drug-likeness (QED) is 0.147. The van der Waals surface area contributed by atoms with Crippen molar-refractivity contribution < 1.29 is 4.74 Å². The van der Waals surface area contributed by atoms with Crippen LogP contribution in [0.4, 0.5) is 17.6 Å². The van der Waals surface area contributed by atoms with E-state index in [1.165, 1.54) is 96.3 Å². The lowest BCUT2D eigenvalue weighted by Crippen LogP contribution is -2.25. The Morgan fingerprint density at radius 2 is 1.26 bits per heavy atom. The number of ether oxygens (including phenoxy) is 1. The first kappa shape index (κ1) is 31.7. The van der Waals surface area contributed by atoms with Gasteiger partial charge in [-0.05, 0) is 31.1 Å². The largest absolute Gasteiger partial charge is 0.380 e. The Morgan fingerprint density at radius 3 is 1.79 bits per heavy atom. The van der Waals surface area contributed by atoms with Crippen molar-refractivity contribution in [1.82, 2.24) is 15.0 Å². The van der Waals surface area contributed by atoms with Gasteiger partial charge in [-0.15, -0.1) is 0 Å². The lowest BCUT2D eigenvalue weighted by atomic mass is 10.0. The van der Waals surface area contributed by atoms with E-state index in [2.05, 4.69) is 28.5 Å². The fourth-order valence-corrected chi connectivity index (χ4v) is 4.65. The fraction of sp³-hybridized carbons (Fsp3) is 0.656. The van der Waals surface area contributed by atoms with Gasteiger partial charge in [-0.2, -0.15) is 15.0 Å². The third kappa shape index (κ3) is 13.9. The van der Waals surface area contributed by atoms with Gasteiger partial charge in [0.1, 0.15) is 0 Å². The molecule has 212 valence electrons. The van der Waals surface area contributed by atoms with Gasteiger partial charge in [0.15, 0.2) is 5.82 Å². The van der Waals surface area contributed by atoms with Crippen LogP contribution in [-0.2, 0) is 4.74 Å². The lowest BCUT2D eigenvalue weighted by Gasteiger charge is -2.23. The minimum Gasteiger partial charge on any atom is -0.380 e. The highest BCUT2D eigenvalue weighted by Gasteiger charge is 2.15. The van der Waals surface area contributed by atoms with Crippen molar-refractivity contribution in [2.75, 3.05) is 30.4 Å². The molecule has 38 heavy (non-hydrogen) atoms. The van der Waals surface area contributed by atoms with Crippen molar-refractivity contribution in [1.29, 1.82) is 0 Å². The van der Waals surface area contributed by atoms with Crippen LogP contribution >= 0.6 is 0 Å². The molecule has 2 rings (SSSR count). The number of hydrogen-bond acceptors (Lipinski definition) is 6. The van der Waals surface area contributed by atoms with E-state index in [1.807, 2.05) is 42.2 Å². The number of nitrogen functional groups attached to an aromatic ring is 1. The summed E-state index contributed by atoms with van der Waals surface area (Å²) in [7, 11) is 0. The van der Waals surface area contributed by atoms with Gasteiger partial charge in [0, 0.05) is 18.8 Å². The maximum Gasteiger partial charge on any atom is 0.235 e. The summed E-state index contributed by atoms with van der Waals surface area (Å²) >= 11 is 0. The summed E-state index contributed by atoms with van der Waals surface area (Å²) in [4.78, 5) is 15.2. The van der Waals surface area contributed by atoms with Crippen LogP contribution in [0.2, 0.25) is 0 Å². The van der Waals surface area contributed by atoms with Gasteiger partial charge in [-0.1, -0.05) is 128 Å². The Labute approximate surface area is 232 Å². The predicted molar refractivity (Wildman–Crippen MR) is 163 cm³/mol. The van der Waals surface area contributed by atoms with E-state index in [9.17, 15) is 0 Å². The summed E-state index contributed by atoms with van der Waals surface area (Å²) in [6.45, 7) is 10.1. The molecular formula is C32H53N5O. The van der Waals surface area contributed by atoms with Crippen molar-refractivity contribution >= 4 is 23.2 Å². The molecule has 0 aliphatic carbocycles. The zero-order valence-corrected chi connectivity index (χ0v) is 24.3. The molecule has 0 aliphatic rings. The minimum atomic E-state index is 0.197. The summed E-state index contributed by atoms with van der Waals surface area (Å²) < 4.78 is 5.97. The minimum absolute atomic E-state index is 0.197. The number of anilines is 3. The smallest absolute Gasteiger partial charge is 0.235 e. The molecule has 1 aromatic heterocycles. The van der Waals surface area contributed by atoms with Crippen LogP contribution in [0.3, 0.4) is 0 Å². The molecule has 0 aliphatic heterocycles. The average molecular weight is 524 g/mol. The number of para-hydroxylation sites is 1. The predicted octanol–water partition coefficient (Wildman–Crippen LogP) is 8.90. The summed E-state index contributed by atoms with van der Waals surface area (Å²) in [5.41, 5.74) is 7.71. The number of benzene rings is 1. The summed E-state index contributed by atoms with van der Waals surface area (Å²) in [5.74, 6) is 1.23. The molecule has 0 unspecified atom stereocenters. The van der Waals surface area contributed by atoms with E-state index >= 15 is 0 Å². The van der Waals surface area contributed by atoms with E-state index in [0.717, 1.165) is 24.3 Å². The third-order valence-electron chi connectivity index (χ3n) is 6.93. The third-order valence-corrected chi connectivity index (χ3v) is 6.93. The normalized spacial score (nSPS) is 11.1. The number of unbranched alkanes of at least 4 members (excludes halogenated alkanes) is 15. The summed E-state index contributed by atoms with van der Waals surface area (Å²) in [5, 5.41) is 0. The molecule has 0 atom stereocenters. The van der Waals surface area contributed by atoms with Crippen LogP contribution < -0.4 is 10.6 Å². The Bertz CT molecular complexity index is 873. The van der Waals surface area contributed by atoms with Crippen molar-refractivity contribution in [2.45, 2.75) is 117 Å². The number of hydrogen-bond donors (Lipinski definition) is 1. The van der Waals surface area contributed by atoms with Crippen molar-refractivity contribution in [2.24, 2.45) is 0 Å². The van der Waals surface area contributed by atoms with Gasteiger partial charge in [0.05, 0.1) is 6.61 Å². The molecule has 6 heteroatoms. The van der Waals surface area contributed by atoms with Gasteiger partial charge < -0.3 is 15.4 Å². The molecule has 2 aromatic rings. The molecule has 0 bridgehead atoms. The number of nitrogens with two attached hydrogens (primary N) is 1. The Kier molecular flexibility index (Phi) is 17.1. The standard InChI is InChI=1S/C32H53N5O/c1-4-5-6-7-8-9-10-11-12-13-14-15-16-17-18-22-26-38-27-25-37(29-23-20-19-21-24-29)32-35-30(28(2)3)34-31(33)36-32/h19-21,23-24H,2,4-18,22,25-27H2,1,3H3,(H2,33,34,35,36). The van der Waals surface area contributed by atoms with Crippen molar-refractivity contribution in [3.8, 4) is 0 Å². The zero-order chi connectivity index (χ0) is 27.3. The summed E-state index contributed by atoms with van der Waals surface area (Å²) in [6.07, 6.45) is 22.0. The van der Waals surface area contributed by atoms with Crippen LogP contribution in [-0.4, -0.2) is 34.7 Å². The lowest BCUT2D eigenvalue weighted by molar-refractivity contribution is 0.137. The Balaban J connectivity index is 1.53. The highest BCUT2D eigenvalue weighted by atomic mass is 16.5. The second-order valence-electron chi connectivity index (χ2n) is 10.5. The van der Waals surface area contributed by atoms with Crippen LogP contribution in [0, 0.1) is 0 Å². The summed E-state index contributed by atoms with van der Waals surface area (Å²) in [6, 6.07) is 10.1. The first-order chi connectivity index (χ1) is 18.6. The van der Waals surface area contributed by atoms with Gasteiger partial charge in [-0.25, -0.2) is 0 Å². The first-order valence-corrected chi connectivity index (χ1v) is 15.2. The van der Waals surface area contributed by atoms with E-state index in [1.54, 1.807) is 0 Å². The molecule has 1 aromatic carbocycles. The molecule has 0 saturated heterocycles. The second kappa shape index (κ2) is 20.5. The molecule has 0 fully saturated rings. The first-order valence-electron chi connectivity index (χ1n) is 15.2. The molecule has 0 amide bonds. The molecule has 6 nitrogen and oxygen atoms in total. The molecule has 2 N–H and O–H groups in total. The monoisotopic (exact) mass is 523 g/mol. The molecule has 1 heterocycles. The van der Waals surface area contributed by atoms with Gasteiger partial charge in [0.25, 0.3) is 0 Å². The number of nitrogens with zero attached hydrogens (tertiary/aromatic N) is 4. The topological polar surface area (TPSA) is 77.2 Å². The van der Waals surface area contributed by atoms with Crippen LogP contribution in [0.15, 0.2) is 36.9 Å². The highest BCUT2D eigenvalue weighted by molar-refractivity contribution is 5.61. The number of allylic oxidation sites excluding steroid dienone is 1. The maximum atomic E-state index is 5.97. The Hall–Kier alpha value is -2.47. The van der Waals surface area contributed by atoms with Crippen molar-refractivity contribution in [3.63, 3.8) is 0 Å². The molecule has 0 spiro atoms. The van der Waals surface area contributed by atoms with Gasteiger partial charge >= 0.3 is 0 Å². The van der Waals surface area contributed by atoms with Gasteiger partial charge in [-0.3, -0.25) is 0 Å².